The standard InChI is InChI=1S/C7H6F2.2ClH.Mg/c1-5-2-3-6(8)4-7(5)9;;;/h2-4H,1H3;2*1H;/q;;;+2/p-2. The molecular weight excluding hydrogens is 217 g/mol. The van der Waals surface area contributed by atoms with E-state index in [2.05, 4.69) is 0 Å². The molecule has 0 aliphatic rings. The van der Waals surface area contributed by atoms with Gasteiger partial charge in [-0.1, -0.05) is 6.07 Å². The summed E-state index contributed by atoms with van der Waals surface area (Å²) in [5.74, 6) is -1.02. The van der Waals surface area contributed by atoms with E-state index >= 15 is 0 Å². The Morgan fingerprint density at radius 1 is 1.08 bits per heavy atom. The van der Waals surface area contributed by atoms with E-state index in [4.69, 9.17) is 0 Å². The van der Waals surface area contributed by atoms with Crippen molar-refractivity contribution in [1.29, 1.82) is 0 Å². The van der Waals surface area contributed by atoms with Gasteiger partial charge in [-0.15, -0.1) is 0 Å². The Kier molecular flexibility index (Phi) is 12.2. The Morgan fingerprint density at radius 3 is 1.92 bits per heavy atom. The Hall–Kier alpha value is 0.426. The molecule has 0 unspecified atom stereocenters. The molecule has 0 aliphatic carbocycles. The Bertz CT molecular complexity index is 231. The summed E-state index contributed by atoms with van der Waals surface area (Å²) in [7, 11) is 0. The van der Waals surface area contributed by atoms with Gasteiger partial charge in [-0.3, -0.25) is 0 Å². The monoisotopic (exact) mass is 222 g/mol. The van der Waals surface area contributed by atoms with Crippen LogP contribution in [-0.4, -0.2) is 23.1 Å². The minimum Gasteiger partial charge on any atom is -1.00 e. The first-order valence-corrected chi connectivity index (χ1v) is 2.62. The normalized spacial score (nSPS) is 7.25. The van der Waals surface area contributed by atoms with Crippen molar-refractivity contribution in [2.45, 2.75) is 6.92 Å². The van der Waals surface area contributed by atoms with Crippen molar-refractivity contribution in [2.75, 3.05) is 0 Å². The molecule has 0 amide bonds. The maximum atomic E-state index is 12.3. The van der Waals surface area contributed by atoms with Crippen LogP contribution in [0.4, 0.5) is 8.78 Å². The summed E-state index contributed by atoms with van der Waals surface area (Å²) >= 11 is 0. The van der Waals surface area contributed by atoms with Crippen molar-refractivity contribution < 1.29 is 33.6 Å². The predicted molar refractivity (Wildman–Crippen MR) is 36.8 cm³/mol. The number of hydrogen-bond acceptors (Lipinski definition) is 0. The van der Waals surface area contributed by atoms with Gasteiger partial charge in [-0.25, -0.2) is 8.78 Å². The van der Waals surface area contributed by atoms with Crippen LogP contribution < -0.4 is 24.8 Å². The molecule has 64 valence electrons. The van der Waals surface area contributed by atoms with E-state index in [0.29, 0.717) is 5.56 Å². The van der Waals surface area contributed by atoms with Gasteiger partial charge >= 0.3 is 23.1 Å². The van der Waals surface area contributed by atoms with E-state index in [1.165, 1.54) is 12.1 Å². The maximum Gasteiger partial charge on any atom is 2.00 e. The maximum absolute atomic E-state index is 12.3. The molecule has 0 spiro atoms. The average Bonchev–Trinajstić information content (AvgIpc) is 1.80. The summed E-state index contributed by atoms with van der Waals surface area (Å²) in [4.78, 5) is 0. The van der Waals surface area contributed by atoms with Gasteiger partial charge < -0.3 is 24.8 Å². The van der Waals surface area contributed by atoms with Gasteiger partial charge in [-0.2, -0.15) is 0 Å². The van der Waals surface area contributed by atoms with Gasteiger partial charge in [0.05, 0.1) is 0 Å². The van der Waals surface area contributed by atoms with Crippen molar-refractivity contribution in [3.8, 4) is 0 Å². The molecule has 0 atom stereocenters. The second kappa shape index (κ2) is 8.04. The van der Waals surface area contributed by atoms with Gasteiger partial charge in [-0.05, 0) is 18.6 Å². The number of aryl methyl sites for hydroxylation is 1. The first kappa shape index (κ1) is 18.3. The molecule has 0 heterocycles. The van der Waals surface area contributed by atoms with E-state index in [1.54, 1.807) is 6.92 Å². The molecule has 0 saturated heterocycles. The zero-order valence-electron chi connectivity index (χ0n) is 6.45. The van der Waals surface area contributed by atoms with Crippen LogP contribution in [0, 0.1) is 18.6 Å². The Morgan fingerprint density at radius 2 is 1.58 bits per heavy atom. The summed E-state index contributed by atoms with van der Waals surface area (Å²) in [6.45, 7) is 1.59. The third-order valence-electron chi connectivity index (χ3n) is 1.13. The average molecular weight is 223 g/mol. The summed E-state index contributed by atoms with van der Waals surface area (Å²) in [6, 6.07) is 3.51. The van der Waals surface area contributed by atoms with E-state index in [0.717, 1.165) is 6.07 Å². The molecule has 0 nitrogen and oxygen atoms in total. The first-order chi connectivity index (χ1) is 4.20. The largest absolute Gasteiger partial charge is 2.00 e. The molecule has 0 aromatic heterocycles. The number of benzene rings is 1. The third-order valence-corrected chi connectivity index (χ3v) is 1.13. The molecule has 12 heavy (non-hydrogen) atoms. The minimum absolute atomic E-state index is 0. The number of rotatable bonds is 0. The van der Waals surface area contributed by atoms with Crippen molar-refractivity contribution in [1.82, 2.24) is 0 Å². The first-order valence-electron chi connectivity index (χ1n) is 2.62. The fourth-order valence-corrected chi connectivity index (χ4v) is 0.567. The van der Waals surface area contributed by atoms with Gasteiger partial charge in [0.25, 0.3) is 0 Å². The van der Waals surface area contributed by atoms with E-state index < -0.39 is 11.6 Å². The minimum atomic E-state index is -0.530. The van der Waals surface area contributed by atoms with Crippen LogP contribution in [0.1, 0.15) is 5.56 Å². The van der Waals surface area contributed by atoms with Crippen LogP contribution in [0.2, 0.25) is 0 Å². The summed E-state index contributed by atoms with van der Waals surface area (Å²) in [5.41, 5.74) is 0.469. The van der Waals surface area contributed by atoms with Crippen molar-refractivity contribution >= 4 is 23.1 Å². The fourth-order valence-electron chi connectivity index (χ4n) is 0.567. The molecule has 0 radical (unpaired) electrons. The zero-order valence-corrected chi connectivity index (χ0v) is 9.38. The number of halogens is 4. The smallest absolute Gasteiger partial charge is 1.00 e. The van der Waals surface area contributed by atoms with Crippen LogP contribution >= 0.6 is 0 Å². The molecule has 1 rings (SSSR count). The molecule has 0 fully saturated rings. The van der Waals surface area contributed by atoms with Crippen LogP contribution in [0.15, 0.2) is 18.2 Å². The predicted octanol–water partition coefficient (Wildman–Crippen LogP) is -4.10. The molecule has 5 heteroatoms. The summed E-state index contributed by atoms with van der Waals surface area (Å²) < 4.78 is 24.4. The second-order valence-corrected chi connectivity index (χ2v) is 1.89. The molecule has 1 aromatic carbocycles. The van der Waals surface area contributed by atoms with Gasteiger partial charge in [0.15, 0.2) is 0 Å². The third kappa shape index (κ3) is 5.14. The second-order valence-electron chi connectivity index (χ2n) is 1.89. The summed E-state index contributed by atoms with van der Waals surface area (Å²) in [6.07, 6.45) is 0. The van der Waals surface area contributed by atoms with Crippen molar-refractivity contribution in [2.24, 2.45) is 0 Å². The summed E-state index contributed by atoms with van der Waals surface area (Å²) in [5, 5.41) is 0. The molecule has 0 aliphatic heterocycles. The molecular formula is C7H6Cl2F2Mg. The van der Waals surface area contributed by atoms with E-state index in [1.807, 2.05) is 0 Å². The quantitative estimate of drug-likeness (QED) is 0.392. The van der Waals surface area contributed by atoms with E-state index in [-0.39, 0.29) is 47.9 Å². The molecule has 1 aromatic rings. The Labute approximate surface area is 98.7 Å². The van der Waals surface area contributed by atoms with Crippen LogP contribution in [0.3, 0.4) is 0 Å². The van der Waals surface area contributed by atoms with Gasteiger partial charge in [0.2, 0.25) is 0 Å². The van der Waals surface area contributed by atoms with Crippen molar-refractivity contribution in [3.05, 3.63) is 35.4 Å². The van der Waals surface area contributed by atoms with Crippen molar-refractivity contribution in [3.63, 3.8) is 0 Å². The Balaban J connectivity index is -0.000000270. The fraction of sp³-hybridized carbons (Fsp3) is 0.143. The molecule has 0 N–H and O–H groups in total. The number of hydrogen-bond donors (Lipinski definition) is 0. The van der Waals surface area contributed by atoms with E-state index in [9.17, 15) is 8.78 Å². The van der Waals surface area contributed by atoms with Crippen LogP contribution in [0.25, 0.3) is 0 Å². The molecule has 0 bridgehead atoms. The molecule has 0 saturated carbocycles. The topological polar surface area (TPSA) is 0 Å². The SMILES string of the molecule is Cc1ccc(F)cc1F.[Cl-].[Cl-].[Mg+2]. The zero-order chi connectivity index (χ0) is 6.85. The van der Waals surface area contributed by atoms with Crippen LogP contribution in [0.5, 0.6) is 0 Å². The van der Waals surface area contributed by atoms with Gasteiger partial charge in [0.1, 0.15) is 11.6 Å². The van der Waals surface area contributed by atoms with Gasteiger partial charge in [0, 0.05) is 6.07 Å². The van der Waals surface area contributed by atoms with Crippen LogP contribution in [-0.2, 0) is 0 Å².